The van der Waals surface area contributed by atoms with Gasteiger partial charge in [0, 0.05) is 19.0 Å². The smallest absolute Gasteiger partial charge is 0.226 e. The van der Waals surface area contributed by atoms with Crippen molar-refractivity contribution in [3.63, 3.8) is 0 Å². The minimum absolute atomic E-state index is 0.0590. The van der Waals surface area contributed by atoms with Gasteiger partial charge in [-0.05, 0) is 35.2 Å². The number of oxime groups is 1. The third-order valence-electron chi connectivity index (χ3n) is 3.82. The summed E-state index contributed by atoms with van der Waals surface area (Å²) in [5.41, 5.74) is 0.976. The zero-order valence-electron chi connectivity index (χ0n) is 14.1. The Kier molecular flexibility index (Phi) is 7.40. The average molecular weight is 415 g/mol. The van der Waals surface area contributed by atoms with Crippen LogP contribution >= 0.6 is 15.9 Å². The highest BCUT2D eigenvalue weighted by atomic mass is 79.9. The number of rotatable bonds is 9. The van der Waals surface area contributed by atoms with Crippen molar-refractivity contribution in [2.45, 2.75) is 25.6 Å². The van der Waals surface area contributed by atoms with Gasteiger partial charge in [-0.15, -0.1) is 0 Å². The van der Waals surface area contributed by atoms with Crippen molar-refractivity contribution in [2.24, 2.45) is 5.16 Å². The first-order valence-electron chi connectivity index (χ1n) is 8.52. The molecule has 1 atom stereocenters. The lowest BCUT2D eigenvalue weighted by Gasteiger charge is -2.31. The Labute approximate surface area is 155 Å². The summed E-state index contributed by atoms with van der Waals surface area (Å²) in [6, 6.07) is 0. The molecule has 0 N–H and O–H groups in total. The molecule has 2 aliphatic rings. The van der Waals surface area contributed by atoms with E-state index in [2.05, 4.69) is 31.1 Å². The molecule has 2 saturated heterocycles. The van der Waals surface area contributed by atoms with Gasteiger partial charge >= 0.3 is 0 Å². The number of ether oxygens (including phenoxy) is 3. The molecule has 1 aromatic rings. The Morgan fingerprint density at radius 1 is 1.16 bits per heavy atom. The maximum Gasteiger partial charge on any atom is 0.226 e. The number of nitrogens with zero attached hydrogens (tertiary/aromatic N) is 4. The summed E-state index contributed by atoms with van der Waals surface area (Å²) in [5, 5.41) is 4.09. The first-order chi connectivity index (χ1) is 12.3. The van der Waals surface area contributed by atoms with E-state index in [0.717, 1.165) is 29.6 Å². The van der Waals surface area contributed by atoms with Crippen LogP contribution in [0.3, 0.4) is 0 Å². The van der Waals surface area contributed by atoms with Crippen LogP contribution in [0.5, 0.6) is 0 Å². The minimum Gasteiger partial charge on any atom is -0.393 e. The second-order valence-electron chi connectivity index (χ2n) is 5.83. The largest absolute Gasteiger partial charge is 0.393 e. The lowest BCUT2D eigenvalue weighted by atomic mass is 10.2. The Morgan fingerprint density at radius 2 is 1.96 bits per heavy atom. The zero-order valence-corrected chi connectivity index (χ0v) is 15.7. The lowest BCUT2D eigenvalue weighted by molar-refractivity contribution is -0.169. The van der Waals surface area contributed by atoms with Gasteiger partial charge in [0.2, 0.25) is 5.95 Å². The molecule has 2 fully saturated rings. The molecule has 1 unspecified atom stereocenters. The van der Waals surface area contributed by atoms with E-state index in [1.165, 1.54) is 6.42 Å². The Morgan fingerprint density at radius 3 is 2.72 bits per heavy atom. The van der Waals surface area contributed by atoms with E-state index in [4.69, 9.17) is 19.0 Å². The molecule has 25 heavy (non-hydrogen) atoms. The fraction of sp³-hybridized carbons (Fsp3) is 0.688. The fourth-order valence-electron chi connectivity index (χ4n) is 2.48. The van der Waals surface area contributed by atoms with Gasteiger partial charge in [-0.1, -0.05) is 5.16 Å². The van der Waals surface area contributed by atoms with Crippen molar-refractivity contribution in [1.82, 2.24) is 9.97 Å². The predicted octanol–water partition coefficient (Wildman–Crippen LogP) is 1.99. The van der Waals surface area contributed by atoms with Gasteiger partial charge in [-0.3, -0.25) is 0 Å². The molecule has 2 aliphatic heterocycles. The van der Waals surface area contributed by atoms with E-state index in [1.807, 2.05) is 4.90 Å². The topological polar surface area (TPSA) is 78.3 Å². The van der Waals surface area contributed by atoms with Crippen molar-refractivity contribution < 1.29 is 19.0 Å². The van der Waals surface area contributed by atoms with E-state index < -0.39 is 0 Å². The molecule has 3 heterocycles. The maximum atomic E-state index is 5.58. The minimum atomic E-state index is -0.0590. The van der Waals surface area contributed by atoms with Crippen molar-refractivity contribution in [2.75, 3.05) is 51.0 Å². The molecule has 0 saturated carbocycles. The molecule has 0 radical (unpaired) electrons. The second-order valence-corrected chi connectivity index (χ2v) is 6.74. The molecule has 0 spiro atoms. The summed E-state index contributed by atoms with van der Waals surface area (Å²) in [6.45, 7) is 4.18. The average Bonchev–Trinajstić information content (AvgIpc) is 2.61. The van der Waals surface area contributed by atoms with Crippen molar-refractivity contribution in [3.8, 4) is 0 Å². The molecule has 3 rings (SSSR count). The molecule has 9 heteroatoms. The van der Waals surface area contributed by atoms with E-state index in [-0.39, 0.29) is 6.29 Å². The lowest BCUT2D eigenvalue weighted by Crippen LogP contribution is -2.48. The molecule has 8 nitrogen and oxygen atoms in total. The van der Waals surface area contributed by atoms with Gasteiger partial charge in [0.15, 0.2) is 6.29 Å². The molecule has 1 aromatic heterocycles. The van der Waals surface area contributed by atoms with Crippen LogP contribution in [0.15, 0.2) is 22.0 Å². The molecule has 0 aliphatic carbocycles. The van der Waals surface area contributed by atoms with E-state index in [1.54, 1.807) is 12.4 Å². The van der Waals surface area contributed by atoms with Crippen LogP contribution in [0.25, 0.3) is 0 Å². The third-order valence-corrected chi connectivity index (χ3v) is 4.23. The van der Waals surface area contributed by atoms with E-state index >= 15 is 0 Å². The first kappa shape index (κ1) is 18.5. The monoisotopic (exact) mass is 414 g/mol. The normalized spacial score (nSPS) is 20.3. The van der Waals surface area contributed by atoms with Crippen LogP contribution in [-0.4, -0.2) is 68.1 Å². The summed E-state index contributed by atoms with van der Waals surface area (Å²) in [5.74, 6) is 0.701. The number of anilines is 1. The fourth-order valence-corrected chi connectivity index (χ4v) is 2.68. The molecular weight excluding hydrogens is 392 g/mol. The van der Waals surface area contributed by atoms with Gasteiger partial charge in [-0.25, -0.2) is 9.97 Å². The highest BCUT2D eigenvalue weighted by molar-refractivity contribution is 9.10. The van der Waals surface area contributed by atoms with Crippen LogP contribution in [-0.2, 0) is 19.0 Å². The second kappa shape index (κ2) is 10.0. The van der Waals surface area contributed by atoms with Gasteiger partial charge in [0.25, 0.3) is 0 Å². The zero-order chi connectivity index (χ0) is 17.3. The van der Waals surface area contributed by atoms with Crippen LogP contribution < -0.4 is 4.90 Å². The Balaban J connectivity index is 1.18. The van der Waals surface area contributed by atoms with Crippen LogP contribution in [0.4, 0.5) is 5.95 Å². The maximum absolute atomic E-state index is 5.58. The van der Waals surface area contributed by atoms with Crippen molar-refractivity contribution in [1.29, 1.82) is 0 Å². The molecule has 0 aromatic carbocycles. The Bertz CT molecular complexity index is 544. The third kappa shape index (κ3) is 6.18. The highest BCUT2D eigenvalue weighted by Crippen LogP contribution is 2.16. The van der Waals surface area contributed by atoms with E-state index in [9.17, 15) is 0 Å². The SMILES string of the molecule is Brc1cnc(N2CC(=NOCCOCCOC3CCCCO3)C2)nc1. The molecule has 0 bridgehead atoms. The Hall–Kier alpha value is -1.29. The van der Waals surface area contributed by atoms with Gasteiger partial charge in [-0.2, -0.15) is 0 Å². The predicted molar refractivity (Wildman–Crippen MR) is 95.7 cm³/mol. The van der Waals surface area contributed by atoms with Crippen LogP contribution in [0.2, 0.25) is 0 Å². The van der Waals surface area contributed by atoms with E-state index in [0.29, 0.717) is 45.5 Å². The van der Waals surface area contributed by atoms with Crippen LogP contribution in [0.1, 0.15) is 19.3 Å². The summed E-state index contributed by atoms with van der Waals surface area (Å²) < 4.78 is 17.4. The molecule has 0 amide bonds. The number of halogens is 1. The van der Waals surface area contributed by atoms with Crippen LogP contribution in [0, 0.1) is 0 Å². The van der Waals surface area contributed by atoms with Gasteiger partial charge in [0.05, 0.1) is 43.1 Å². The molecular formula is C16H23BrN4O4. The molecule has 138 valence electrons. The van der Waals surface area contributed by atoms with Gasteiger partial charge < -0.3 is 23.9 Å². The quantitative estimate of drug-likeness (QED) is 0.451. The number of hydrogen-bond donors (Lipinski definition) is 0. The van der Waals surface area contributed by atoms with Crippen molar-refractivity contribution >= 4 is 27.6 Å². The number of aromatic nitrogens is 2. The first-order valence-corrected chi connectivity index (χ1v) is 9.32. The number of hydrogen-bond acceptors (Lipinski definition) is 8. The van der Waals surface area contributed by atoms with Crippen molar-refractivity contribution in [3.05, 3.63) is 16.9 Å². The standard InChI is InChI=1S/C16H23BrN4O4/c17-13-9-18-16(19-10-13)21-11-14(12-21)20-25-8-6-22-5-7-24-15-3-1-2-4-23-15/h9-10,15H,1-8,11-12H2. The summed E-state index contributed by atoms with van der Waals surface area (Å²) in [6.07, 6.45) is 6.68. The summed E-state index contributed by atoms with van der Waals surface area (Å²) in [7, 11) is 0. The summed E-state index contributed by atoms with van der Waals surface area (Å²) in [4.78, 5) is 15.8. The van der Waals surface area contributed by atoms with Gasteiger partial charge in [0.1, 0.15) is 6.61 Å². The summed E-state index contributed by atoms with van der Waals surface area (Å²) >= 11 is 3.32. The highest BCUT2D eigenvalue weighted by Gasteiger charge is 2.24.